The Bertz CT molecular complexity index is 413. The van der Waals surface area contributed by atoms with Gasteiger partial charge >= 0.3 is 5.97 Å². The number of aliphatic carboxylic acids is 1. The summed E-state index contributed by atoms with van der Waals surface area (Å²) in [4.78, 5) is 22.3. The number of benzene rings is 1. The fourth-order valence-electron chi connectivity index (χ4n) is 1.10. The molecule has 0 spiro atoms. The van der Waals surface area contributed by atoms with E-state index >= 15 is 0 Å². The Hall–Kier alpha value is -1.30. The minimum Gasteiger partial charge on any atom is -0.480 e. The van der Waals surface area contributed by atoms with Crippen LogP contribution >= 0.6 is 23.2 Å². The third-order valence-corrected chi connectivity index (χ3v) is 3.01. The van der Waals surface area contributed by atoms with Gasteiger partial charge in [0.25, 0.3) is 5.91 Å². The van der Waals surface area contributed by atoms with Crippen molar-refractivity contribution in [1.29, 1.82) is 0 Å². The number of hydrazine groups is 1. The number of carbonyl (C=O) groups is 2. The number of rotatable bonds is 4. The van der Waals surface area contributed by atoms with E-state index in [9.17, 15) is 9.59 Å². The van der Waals surface area contributed by atoms with Gasteiger partial charge in [0.1, 0.15) is 5.38 Å². The zero-order chi connectivity index (χ0) is 13.0. The summed E-state index contributed by atoms with van der Waals surface area (Å²) in [5.41, 5.74) is 0.400. The molecule has 92 valence electrons. The van der Waals surface area contributed by atoms with Crippen LogP contribution in [0.15, 0.2) is 30.3 Å². The van der Waals surface area contributed by atoms with Gasteiger partial charge in [-0.05, 0) is 12.1 Å². The van der Waals surface area contributed by atoms with Crippen molar-refractivity contribution in [3.63, 3.8) is 0 Å². The van der Waals surface area contributed by atoms with Crippen LogP contribution in [0, 0.1) is 0 Å². The van der Waals surface area contributed by atoms with E-state index < -0.39 is 22.6 Å². The minimum absolute atomic E-state index is 0.400. The normalized spacial score (nSPS) is 13.8. The van der Waals surface area contributed by atoms with Crippen molar-refractivity contribution in [3.05, 3.63) is 30.3 Å². The van der Waals surface area contributed by atoms with Gasteiger partial charge in [-0.3, -0.25) is 9.59 Å². The summed E-state index contributed by atoms with van der Waals surface area (Å²) in [5, 5.41) is 6.44. The first-order valence-electron chi connectivity index (χ1n) is 4.60. The Morgan fingerprint density at radius 3 is 2.18 bits per heavy atom. The first-order valence-corrected chi connectivity index (χ1v) is 5.47. The van der Waals surface area contributed by atoms with Crippen LogP contribution in [-0.4, -0.2) is 27.7 Å². The van der Waals surface area contributed by atoms with Gasteiger partial charge in [-0.15, -0.1) is 23.2 Å². The number of nitrogens with two attached hydrogens (primary N) is 1. The van der Waals surface area contributed by atoms with Gasteiger partial charge < -0.3 is 5.11 Å². The highest BCUT2D eigenvalue weighted by Crippen LogP contribution is 2.17. The standard InChI is InChI=1S/C10H10Cl2N2O3/c11-7(8(12)10(16)17)9(15)14(13)6-4-2-1-3-5-6/h1-5,7-8H,13H2,(H,16,17). The highest BCUT2D eigenvalue weighted by atomic mass is 35.5. The van der Waals surface area contributed by atoms with Crippen molar-refractivity contribution >= 4 is 40.8 Å². The fraction of sp³-hybridized carbons (Fsp3) is 0.200. The van der Waals surface area contributed by atoms with Crippen LogP contribution in [0.4, 0.5) is 5.69 Å². The van der Waals surface area contributed by atoms with Gasteiger partial charge in [0.2, 0.25) is 0 Å². The summed E-state index contributed by atoms with van der Waals surface area (Å²) < 4.78 is 0. The number of hydrogen-bond acceptors (Lipinski definition) is 3. The number of carboxylic acids is 1. The second-order valence-corrected chi connectivity index (χ2v) is 4.13. The number of carbonyl (C=O) groups excluding carboxylic acids is 1. The number of amides is 1. The SMILES string of the molecule is NN(C(=O)C(Cl)C(Cl)C(=O)O)c1ccccc1. The number of alkyl halides is 2. The molecule has 0 aliphatic carbocycles. The molecular formula is C10H10Cl2N2O3. The molecule has 0 saturated heterocycles. The molecule has 2 unspecified atom stereocenters. The predicted octanol–water partition coefficient (Wildman–Crippen LogP) is 1.19. The molecule has 17 heavy (non-hydrogen) atoms. The molecule has 5 nitrogen and oxygen atoms in total. The van der Waals surface area contributed by atoms with Crippen molar-refractivity contribution < 1.29 is 14.7 Å². The van der Waals surface area contributed by atoms with Gasteiger partial charge in [0.15, 0.2) is 5.38 Å². The third kappa shape index (κ3) is 3.33. The van der Waals surface area contributed by atoms with E-state index in [1.165, 1.54) is 0 Å². The van der Waals surface area contributed by atoms with E-state index in [0.717, 1.165) is 5.01 Å². The van der Waals surface area contributed by atoms with Crippen molar-refractivity contribution in [2.75, 3.05) is 5.01 Å². The Labute approximate surface area is 108 Å². The van der Waals surface area contributed by atoms with Crippen LogP contribution < -0.4 is 10.9 Å². The molecule has 1 amide bonds. The van der Waals surface area contributed by atoms with E-state index in [1.54, 1.807) is 30.3 Å². The quantitative estimate of drug-likeness (QED) is 0.375. The van der Waals surface area contributed by atoms with Crippen LogP contribution in [0.5, 0.6) is 0 Å². The molecule has 0 bridgehead atoms. The average molecular weight is 277 g/mol. The first kappa shape index (κ1) is 13.8. The molecule has 0 radical (unpaired) electrons. The topological polar surface area (TPSA) is 83.6 Å². The molecule has 7 heteroatoms. The molecule has 0 aliphatic rings. The molecule has 1 rings (SSSR count). The number of hydrogen-bond donors (Lipinski definition) is 2. The van der Waals surface area contributed by atoms with Crippen LogP contribution in [0.3, 0.4) is 0 Å². The van der Waals surface area contributed by atoms with Gasteiger partial charge in [-0.2, -0.15) is 0 Å². The van der Waals surface area contributed by atoms with E-state index in [-0.39, 0.29) is 0 Å². The predicted molar refractivity (Wildman–Crippen MR) is 65.0 cm³/mol. The lowest BCUT2D eigenvalue weighted by molar-refractivity contribution is -0.137. The second-order valence-electron chi connectivity index (χ2n) is 3.19. The maximum atomic E-state index is 11.7. The average Bonchev–Trinajstić information content (AvgIpc) is 2.36. The molecule has 1 aromatic carbocycles. The molecule has 2 atom stereocenters. The van der Waals surface area contributed by atoms with E-state index in [1.807, 2.05) is 0 Å². The third-order valence-electron chi connectivity index (χ3n) is 2.00. The fourth-order valence-corrected chi connectivity index (χ4v) is 1.42. The molecule has 0 saturated carbocycles. The maximum absolute atomic E-state index is 11.7. The van der Waals surface area contributed by atoms with Gasteiger partial charge in [0, 0.05) is 0 Å². The van der Waals surface area contributed by atoms with Crippen LogP contribution in [0.25, 0.3) is 0 Å². The molecule has 3 N–H and O–H groups in total. The number of halogens is 2. The molecule has 0 fully saturated rings. The number of para-hydroxylation sites is 1. The largest absolute Gasteiger partial charge is 0.480 e. The van der Waals surface area contributed by atoms with Crippen LogP contribution in [0.2, 0.25) is 0 Å². The lowest BCUT2D eigenvalue weighted by atomic mass is 10.2. The highest BCUT2D eigenvalue weighted by molar-refractivity contribution is 6.43. The van der Waals surface area contributed by atoms with Crippen molar-refractivity contribution in [3.8, 4) is 0 Å². The smallest absolute Gasteiger partial charge is 0.323 e. The summed E-state index contributed by atoms with van der Waals surface area (Å²) in [6.07, 6.45) is 0. The minimum atomic E-state index is -1.53. The molecule has 0 aliphatic heterocycles. The second kappa shape index (κ2) is 5.86. The van der Waals surface area contributed by atoms with Crippen molar-refractivity contribution in [2.24, 2.45) is 5.84 Å². The van der Waals surface area contributed by atoms with Crippen molar-refractivity contribution in [2.45, 2.75) is 10.8 Å². The summed E-state index contributed by atoms with van der Waals surface area (Å²) in [6, 6.07) is 8.29. The number of carboxylic acid groups (broad SMARTS) is 1. The molecular weight excluding hydrogens is 267 g/mol. The lowest BCUT2D eigenvalue weighted by Gasteiger charge is -2.20. The molecule has 1 aromatic rings. The molecule has 0 heterocycles. The zero-order valence-electron chi connectivity index (χ0n) is 8.59. The monoisotopic (exact) mass is 276 g/mol. The highest BCUT2D eigenvalue weighted by Gasteiger charge is 2.33. The van der Waals surface area contributed by atoms with E-state index in [2.05, 4.69) is 0 Å². The summed E-state index contributed by atoms with van der Waals surface area (Å²) in [5.74, 6) is 3.37. The van der Waals surface area contributed by atoms with Crippen LogP contribution in [-0.2, 0) is 9.59 Å². The number of nitrogens with zero attached hydrogens (tertiary/aromatic N) is 1. The van der Waals surface area contributed by atoms with E-state index in [0.29, 0.717) is 5.69 Å². The van der Waals surface area contributed by atoms with Gasteiger partial charge in [-0.25, -0.2) is 10.9 Å². The van der Waals surface area contributed by atoms with Crippen molar-refractivity contribution in [1.82, 2.24) is 0 Å². The Morgan fingerprint density at radius 1 is 1.18 bits per heavy atom. The van der Waals surface area contributed by atoms with E-state index in [4.69, 9.17) is 34.2 Å². The summed E-state index contributed by atoms with van der Waals surface area (Å²) in [7, 11) is 0. The first-order chi connectivity index (χ1) is 7.95. The Morgan fingerprint density at radius 2 is 1.71 bits per heavy atom. The summed E-state index contributed by atoms with van der Waals surface area (Å²) in [6.45, 7) is 0. The zero-order valence-corrected chi connectivity index (χ0v) is 10.1. The number of anilines is 1. The molecule has 0 aromatic heterocycles. The Kier molecular flexibility index (Phi) is 4.74. The van der Waals surface area contributed by atoms with Gasteiger partial charge in [-0.1, -0.05) is 18.2 Å². The van der Waals surface area contributed by atoms with Crippen LogP contribution in [0.1, 0.15) is 0 Å². The Balaban J connectivity index is 2.80. The van der Waals surface area contributed by atoms with Gasteiger partial charge in [0.05, 0.1) is 5.69 Å². The maximum Gasteiger partial charge on any atom is 0.323 e. The lowest BCUT2D eigenvalue weighted by Crippen LogP contribution is -2.46. The summed E-state index contributed by atoms with van der Waals surface area (Å²) >= 11 is 11.1.